The molecule has 2 aromatic heterocycles. The highest BCUT2D eigenvalue weighted by atomic mass is 35.5. The zero-order valence-electron chi connectivity index (χ0n) is 34.4. The second-order valence-corrected chi connectivity index (χ2v) is 17.1. The number of hydrogen-bond acceptors (Lipinski definition) is 10. The summed E-state index contributed by atoms with van der Waals surface area (Å²) in [5, 5.41) is 64.9. The van der Waals surface area contributed by atoms with E-state index in [9.17, 15) is 39.6 Å². The predicted octanol–water partition coefficient (Wildman–Crippen LogP) is 3.23. The zero-order chi connectivity index (χ0) is 44.3. The molecule has 16 nitrogen and oxygen atoms in total. The number of hydrogen-bond donors (Lipinski definition) is 8. The van der Waals surface area contributed by atoms with Crippen LogP contribution >= 0.6 is 23.2 Å². The van der Waals surface area contributed by atoms with Gasteiger partial charge in [0.25, 0.3) is 11.8 Å². The van der Waals surface area contributed by atoms with Gasteiger partial charge >= 0.3 is 11.4 Å². The molecule has 334 valence electrons. The molecule has 0 saturated heterocycles. The zero-order valence-corrected chi connectivity index (χ0v) is 36.0. The van der Waals surface area contributed by atoms with Crippen LogP contribution in [0.25, 0.3) is 11.4 Å². The minimum Gasteiger partial charge on any atom is -0.394 e. The smallest absolute Gasteiger partial charge is 0.333 e. The summed E-state index contributed by atoms with van der Waals surface area (Å²) < 4.78 is 5.33. The molecule has 2 atom stereocenters. The van der Waals surface area contributed by atoms with Gasteiger partial charge in [-0.25, -0.2) is 9.59 Å². The first kappa shape index (κ1) is 47.8. The van der Waals surface area contributed by atoms with Crippen molar-refractivity contribution in [1.82, 2.24) is 28.9 Å². The van der Waals surface area contributed by atoms with Crippen molar-refractivity contribution in [2.75, 3.05) is 26.3 Å². The van der Waals surface area contributed by atoms with Crippen molar-refractivity contribution in [2.45, 2.75) is 120 Å². The fourth-order valence-electron chi connectivity index (χ4n) is 7.78. The topological polar surface area (TPSA) is 233 Å². The van der Waals surface area contributed by atoms with E-state index in [-0.39, 0.29) is 47.4 Å². The average Bonchev–Trinajstić information content (AvgIpc) is 3.51. The Hall–Kier alpha value is -4.26. The number of amides is 2. The van der Waals surface area contributed by atoms with Crippen molar-refractivity contribution in [3.05, 3.63) is 103 Å². The number of nitrogens with zero attached hydrogens (tertiary/aromatic N) is 4. The molecule has 0 aliphatic heterocycles. The third kappa shape index (κ3) is 12.7. The highest BCUT2D eigenvalue weighted by Crippen LogP contribution is 2.28. The molecular weight excluding hydrogens is 831 g/mol. The number of benzene rings is 2. The lowest BCUT2D eigenvalue weighted by atomic mass is 9.94. The molecule has 4 aromatic rings. The highest BCUT2D eigenvalue weighted by Gasteiger charge is 2.30. The summed E-state index contributed by atoms with van der Waals surface area (Å²) >= 11 is 12.5. The fraction of sp³-hybridized carbons (Fsp3) is 0.535. The Balaban J connectivity index is 0.000000231. The van der Waals surface area contributed by atoms with Gasteiger partial charge in [-0.3, -0.25) is 27.9 Å². The molecule has 0 bridgehead atoms. The standard InChI is InChI=1S/C22H30ClN3O5.C21H28ClN3O5/c1-15-11-26(21(30)25(15)12-17(28)13-27)16-6-7-19(23)18(10-16)20(29)24-14-22(31)8-4-2-3-5-9-22;22-18-6-5-15(25-10-9-24(20(25)29)12-16(27)13-26)11-17(18)19(28)23-14-21(30)7-3-1-2-4-8-21/h6-7,10-11,17,27-28,31H,2-5,8-9,12-14H2,1H3,(H,24,29);5-6,9-11,16,26-27,30H,1-4,7-8,12-14H2,(H,23,28). The summed E-state index contributed by atoms with van der Waals surface area (Å²) in [5.41, 5.74) is -0.699. The predicted molar refractivity (Wildman–Crippen MR) is 231 cm³/mol. The van der Waals surface area contributed by atoms with E-state index in [1.807, 2.05) is 0 Å². The van der Waals surface area contributed by atoms with Gasteiger partial charge in [-0.1, -0.05) is 74.6 Å². The van der Waals surface area contributed by atoms with Gasteiger partial charge in [0.05, 0.1) is 82.3 Å². The minimum atomic E-state index is -1.05. The lowest BCUT2D eigenvalue weighted by Crippen LogP contribution is -2.42. The lowest BCUT2D eigenvalue weighted by molar-refractivity contribution is 0.0245. The van der Waals surface area contributed by atoms with Crippen molar-refractivity contribution in [3.8, 4) is 11.4 Å². The molecular formula is C43H58Cl2N6O10. The number of carbonyl (C=O) groups is 2. The van der Waals surface area contributed by atoms with Gasteiger partial charge in [0.15, 0.2) is 0 Å². The van der Waals surface area contributed by atoms with Gasteiger partial charge in [-0.15, -0.1) is 0 Å². The number of halogens is 2. The number of rotatable bonds is 14. The first-order valence-electron chi connectivity index (χ1n) is 20.8. The monoisotopic (exact) mass is 888 g/mol. The number of aliphatic hydroxyl groups excluding tert-OH is 4. The minimum absolute atomic E-state index is 0.0340. The Morgan fingerprint density at radius 1 is 0.672 bits per heavy atom. The van der Waals surface area contributed by atoms with Crippen LogP contribution in [0.5, 0.6) is 0 Å². The van der Waals surface area contributed by atoms with E-state index in [2.05, 4.69) is 10.6 Å². The van der Waals surface area contributed by atoms with Crippen LogP contribution in [-0.2, 0) is 13.1 Å². The van der Waals surface area contributed by atoms with Gasteiger partial charge in [0.1, 0.15) is 0 Å². The summed E-state index contributed by atoms with van der Waals surface area (Å²) in [6.07, 6.45) is 13.3. The molecule has 61 heavy (non-hydrogen) atoms. The van der Waals surface area contributed by atoms with Crippen molar-refractivity contribution in [1.29, 1.82) is 0 Å². The normalized spacial score (nSPS) is 17.3. The Kier molecular flexibility index (Phi) is 17.0. The molecule has 8 N–H and O–H groups in total. The maximum atomic E-state index is 12.8. The Labute approximate surface area is 364 Å². The number of aliphatic hydroxyl groups is 6. The van der Waals surface area contributed by atoms with Crippen LogP contribution in [0.3, 0.4) is 0 Å². The summed E-state index contributed by atoms with van der Waals surface area (Å²) in [4.78, 5) is 50.9. The molecule has 0 spiro atoms. The molecule has 2 fully saturated rings. The molecule has 2 aliphatic rings. The number of aromatic nitrogens is 4. The molecule has 18 heteroatoms. The fourth-order valence-corrected chi connectivity index (χ4v) is 8.19. The van der Waals surface area contributed by atoms with Crippen LogP contribution in [0.4, 0.5) is 0 Å². The lowest BCUT2D eigenvalue weighted by Gasteiger charge is -2.27. The van der Waals surface area contributed by atoms with E-state index in [1.54, 1.807) is 37.4 Å². The molecule has 2 saturated carbocycles. The average molecular weight is 890 g/mol. The maximum absolute atomic E-state index is 12.8. The third-order valence-corrected chi connectivity index (χ3v) is 12.1. The summed E-state index contributed by atoms with van der Waals surface area (Å²) in [6.45, 7) is 1.06. The van der Waals surface area contributed by atoms with E-state index in [0.29, 0.717) is 42.8 Å². The quantitative estimate of drug-likeness (QED) is 0.0862. The highest BCUT2D eigenvalue weighted by molar-refractivity contribution is 6.34. The second-order valence-electron chi connectivity index (χ2n) is 16.3. The van der Waals surface area contributed by atoms with Crippen LogP contribution in [0.1, 0.15) is 103 Å². The number of aryl methyl sites for hydroxylation is 1. The molecule has 2 heterocycles. The third-order valence-electron chi connectivity index (χ3n) is 11.4. The van der Waals surface area contributed by atoms with Gasteiger partial charge in [-0.2, -0.15) is 0 Å². The van der Waals surface area contributed by atoms with Crippen molar-refractivity contribution in [2.24, 2.45) is 0 Å². The van der Waals surface area contributed by atoms with Crippen molar-refractivity contribution in [3.63, 3.8) is 0 Å². The molecule has 2 aromatic carbocycles. The van der Waals surface area contributed by atoms with E-state index in [0.717, 1.165) is 51.4 Å². The second kappa shape index (κ2) is 21.7. The number of imidazole rings is 2. The van der Waals surface area contributed by atoms with Crippen molar-refractivity contribution >= 4 is 35.0 Å². The summed E-state index contributed by atoms with van der Waals surface area (Å²) in [5.74, 6) is -0.827. The van der Waals surface area contributed by atoms with E-state index in [4.69, 9.17) is 33.4 Å². The number of carbonyl (C=O) groups excluding carboxylic acids is 2. The van der Waals surface area contributed by atoms with Crippen LogP contribution in [-0.4, -0.2) is 110 Å². The van der Waals surface area contributed by atoms with E-state index in [1.165, 1.54) is 42.8 Å². The first-order valence-corrected chi connectivity index (χ1v) is 21.6. The first-order chi connectivity index (χ1) is 29.1. The molecule has 0 radical (unpaired) electrons. The van der Waals surface area contributed by atoms with Crippen LogP contribution in [0.15, 0.2) is 64.6 Å². The SMILES string of the molecule is Cc1cn(-c2ccc(Cl)c(C(=O)NCC3(O)CCCCCC3)c2)c(=O)n1CC(O)CO.O=C(NCC1(O)CCCCCC1)c1cc(-n2ccn(CC(O)CO)c2=O)ccc1Cl. The van der Waals surface area contributed by atoms with Crippen LogP contribution in [0, 0.1) is 6.92 Å². The van der Waals surface area contributed by atoms with Gasteiger partial charge in [-0.05, 0) is 69.0 Å². The number of nitrogens with one attached hydrogen (secondary N) is 2. The van der Waals surface area contributed by atoms with Crippen LogP contribution < -0.4 is 22.0 Å². The van der Waals surface area contributed by atoms with Gasteiger partial charge in [0, 0.05) is 37.4 Å². The molecule has 6 rings (SSSR count). The summed E-state index contributed by atoms with van der Waals surface area (Å²) in [7, 11) is 0. The Bertz CT molecular complexity index is 2220. The molecule has 2 unspecified atom stereocenters. The van der Waals surface area contributed by atoms with Gasteiger partial charge in [0.2, 0.25) is 0 Å². The van der Waals surface area contributed by atoms with E-state index >= 15 is 0 Å². The largest absolute Gasteiger partial charge is 0.394 e. The van der Waals surface area contributed by atoms with Gasteiger partial charge < -0.3 is 41.3 Å². The molecule has 2 aliphatic carbocycles. The van der Waals surface area contributed by atoms with E-state index < -0.39 is 59.8 Å². The Morgan fingerprint density at radius 3 is 1.57 bits per heavy atom. The maximum Gasteiger partial charge on any atom is 0.333 e. The molecule has 2 amide bonds. The van der Waals surface area contributed by atoms with Crippen molar-refractivity contribution < 1.29 is 40.2 Å². The van der Waals surface area contributed by atoms with Crippen LogP contribution in [0.2, 0.25) is 10.0 Å². The summed E-state index contributed by atoms with van der Waals surface area (Å²) in [6, 6.07) is 9.38. The Morgan fingerprint density at radius 2 is 1.11 bits per heavy atom.